The Kier molecular flexibility index (Phi) is 6.08. The van der Waals surface area contributed by atoms with Gasteiger partial charge in [-0.25, -0.2) is 19.8 Å². The van der Waals surface area contributed by atoms with E-state index in [0.29, 0.717) is 28.1 Å². The van der Waals surface area contributed by atoms with Crippen molar-refractivity contribution >= 4 is 28.9 Å². The molecule has 1 aromatic carbocycles. The van der Waals surface area contributed by atoms with Crippen molar-refractivity contribution in [3.63, 3.8) is 0 Å². The average molecular weight is 397 g/mol. The number of carbonyl (C=O) groups is 2. The summed E-state index contributed by atoms with van der Waals surface area (Å²) in [4.78, 5) is 33.5. The molecule has 0 saturated heterocycles. The van der Waals surface area contributed by atoms with Crippen LogP contribution in [-0.2, 0) is 9.57 Å². The van der Waals surface area contributed by atoms with Crippen LogP contribution in [0.2, 0.25) is 0 Å². The molecule has 2 heterocycles. The topological polar surface area (TPSA) is 107 Å². The van der Waals surface area contributed by atoms with Crippen LogP contribution in [0.3, 0.4) is 0 Å². The summed E-state index contributed by atoms with van der Waals surface area (Å²) in [5.41, 5.74) is 5.29. The molecular formula is C20H23N5O4. The molecule has 0 saturated carbocycles. The van der Waals surface area contributed by atoms with Gasteiger partial charge in [-0.2, -0.15) is 5.10 Å². The Hall–Kier alpha value is -3.46. The van der Waals surface area contributed by atoms with Crippen molar-refractivity contribution in [1.29, 1.82) is 0 Å². The van der Waals surface area contributed by atoms with Crippen LogP contribution in [0.1, 0.15) is 53.0 Å². The standard InChI is InChI=1S/C20H23N5O4/c1-5-29-20(27)15-10-25-17(16(15)12(2)3)18(21-11-22-25)23-14-8-6-7-13(9-14)19(26)24-28-4/h6-12H,5H2,1-4H3,(H,24,26)(H,21,22,23). The Balaban J connectivity index is 2.06. The van der Waals surface area contributed by atoms with E-state index in [-0.39, 0.29) is 18.4 Å². The quantitative estimate of drug-likeness (QED) is 0.466. The minimum absolute atomic E-state index is 0.0322. The van der Waals surface area contributed by atoms with Gasteiger partial charge >= 0.3 is 5.97 Å². The molecule has 0 aliphatic rings. The van der Waals surface area contributed by atoms with Crippen molar-refractivity contribution in [2.45, 2.75) is 26.7 Å². The third-order valence-electron chi connectivity index (χ3n) is 4.27. The minimum atomic E-state index is -0.397. The van der Waals surface area contributed by atoms with Gasteiger partial charge in [-0.1, -0.05) is 19.9 Å². The molecule has 0 atom stereocenters. The van der Waals surface area contributed by atoms with E-state index in [1.165, 1.54) is 13.4 Å². The van der Waals surface area contributed by atoms with Crippen LogP contribution in [0, 0.1) is 0 Å². The van der Waals surface area contributed by atoms with E-state index < -0.39 is 5.97 Å². The number of carbonyl (C=O) groups excluding carboxylic acids is 2. The number of hydrogen-bond acceptors (Lipinski definition) is 7. The molecular weight excluding hydrogens is 374 g/mol. The summed E-state index contributed by atoms with van der Waals surface area (Å²) in [5, 5.41) is 7.46. The van der Waals surface area contributed by atoms with Gasteiger partial charge in [0.15, 0.2) is 5.82 Å². The van der Waals surface area contributed by atoms with Crippen LogP contribution >= 0.6 is 0 Å². The fourth-order valence-corrected chi connectivity index (χ4v) is 3.11. The molecule has 0 unspecified atom stereocenters. The van der Waals surface area contributed by atoms with Gasteiger partial charge in [-0.05, 0) is 31.0 Å². The van der Waals surface area contributed by atoms with Gasteiger partial charge in [0, 0.05) is 23.0 Å². The van der Waals surface area contributed by atoms with E-state index in [9.17, 15) is 9.59 Å². The summed E-state index contributed by atoms with van der Waals surface area (Å²) in [6.45, 7) is 6.03. The highest BCUT2D eigenvalue weighted by Crippen LogP contribution is 2.32. The summed E-state index contributed by atoms with van der Waals surface area (Å²) in [6, 6.07) is 6.91. The maximum Gasteiger partial charge on any atom is 0.340 e. The van der Waals surface area contributed by atoms with E-state index in [2.05, 4.69) is 25.7 Å². The second-order valence-corrected chi connectivity index (χ2v) is 6.57. The molecule has 3 aromatic rings. The molecule has 152 valence electrons. The van der Waals surface area contributed by atoms with Gasteiger partial charge in [0.05, 0.1) is 19.3 Å². The highest BCUT2D eigenvalue weighted by molar-refractivity contribution is 5.97. The molecule has 9 heteroatoms. The fourth-order valence-electron chi connectivity index (χ4n) is 3.11. The molecule has 9 nitrogen and oxygen atoms in total. The van der Waals surface area contributed by atoms with E-state index in [1.807, 2.05) is 19.9 Å². The molecule has 0 fully saturated rings. The van der Waals surface area contributed by atoms with Crippen molar-refractivity contribution in [1.82, 2.24) is 20.1 Å². The van der Waals surface area contributed by atoms with Gasteiger partial charge < -0.3 is 10.1 Å². The van der Waals surface area contributed by atoms with Crippen molar-refractivity contribution in [3.8, 4) is 0 Å². The van der Waals surface area contributed by atoms with E-state index in [1.54, 1.807) is 35.8 Å². The predicted octanol–water partition coefficient (Wildman–Crippen LogP) is 3.06. The van der Waals surface area contributed by atoms with Crippen molar-refractivity contribution < 1.29 is 19.2 Å². The van der Waals surface area contributed by atoms with Crippen LogP contribution < -0.4 is 10.8 Å². The molecule has 29 heavy (non-hydrogen) atoms. The molecule has 0 radical (unpaired) electrons. The number of hydroxylamine groups is 1. The lowest BCUT2D eigenvalue weighted by atomic mass is 10.00. The lowest BCUT2D eigenvalue weighted by Crippen LogP contribution is -2.21. The number of anilines is 2. The van der Waals surface area contributed by atoms with E-state index in [0.717, 1.165) is 5.56 Å². The SMILES string of the molecule is CCOC(=O)c1cn2ncnc(Nc3cccc(C(=O)NOC)c3)c2c1C(C)C. The summed E-state index contributed by atoms with van der Waals surface area (Å²) in [6.07, 6.45) is 3.05. The van der Waals surface area contributed by atoms with Crippen molar-refractivity contribution in [2.75, 3.05) is 19.0 Å². The van der Waals surface area contributed by atoms with Crippen LogP contribution in [-0.4, -0.2) is 40.2 Å². The molecule has 0 aliphatic carbocycles. The lowest BCUT2D eigenvalue weighted by molar-refractivity contribution is 0.0522. The number of nitrogens with one attached hydrogen (secondary N) is 2. The molecule has 1 amide bonds. The first-order valence-corrected chi connectivity index (χ1v) is 9.20. The number of aromatic nitrogens is 3. The number of hydrogen-bond donors (Lipinski definition) is 2. The molecule has 0 spiro atoms. The number of rotatable bonds is 7. The Morgan fingerprint density at radius 3 is 2.76 bits per heavy atom. The second-order valence-electron chi connectivity index (χ2n) is 6.57. The van der Waals surface area contributed by atoms with Crippen LogP contribution in [0.4, 0.5) is 11.5 Å². The molecule has 2 aromatic heterocycles. The molecule has 0 bridgehead atoms. The smallest absolute Gasteiger partial charge is 0.340 e. The maximum absolute atomic E-state index is 12.4. The van der Waals surface area contributed by atoms with Gasteiger partial charge in [0.2, 0.25) is 0 Å². The second kappa shape index (κ2) is 8.70. The molecule has 3 rings (SSSR count). The highest BCUT2D eigenvalue weighted by atomic mass is 16.6. The Bertz CT molecular complexity index is 1040. The highest BCUT2D eigenvalue weighted by Gasteiger charge is 2.23. The van der Waals surface area contributed by atoms with Crippen molar-refractivity contribution in [3.05, 3.63) is 53.5 Å². The number of ether oxygens (including phenoxy) is 1. The Morgan fingerprint density at radius 2 is 2.07 bits per heavy atom. The number of esters is 1. The zero-order chi connectivity index (χ0) is 21.0. The average Bonchev–Trinajstić information content (AvgIpc) is 3.10. The normalized spacial score (nSPS) is 10.9. The zero-order valence-corrected chi connectivity index (χ0v) is 16.7. The number of nitrogens with zero attached hydrogens (tertiary/aromatic N) is 3. The largest absolute Gasteiger partial charge is 0.462 e. The van der Waals surface area contributed by atoms with Gasteiger partial charge in [-0.15, -0.1) is 0 Å². The first kappa shape index (κ1) is 20.3. The predicted molar refractivity (Wildman–Crippen MR) is 107 cm³/mol. The monoisotopic (exact) mass is 397 g/mol. The summed E-state index contributed by atoms with van der Waals surface area (Å²) < 4.78 is 6.80. The minimum Gasteiger partial charge on any atom is -0.462 e. The summed E-state index contributed by atoms with van der Waals surface area (Å²) >= 11 is 0. The molecule has 2 N–H and O–H groups in total. The summed E-state index contributed by atoms with van der Waals surface area (Å²) in [7, 11) is 1.37. The number of fused-ring (bicyclic) bond motifs is 1. The first-order valence-electron chi connectivity index (χ1n) is 9.20. The van der Waals surface area contributed by atoms with E-state index in [4.69, 9.17) is 4.74 Å². The fraction of sp³-hybridized carbons (Fsp3) is 0.300. The van der Waals surface area contributed by atoms with Gasteiger partial charge in [-0.3, -0.25) is 9.63 Å². The molecule has 0 aliphatic heterocycles. The lowest BCUT2D eigenvalue weighted by Gasteiger charge is -2.12. The Morgan fingerprint density at radius 1 is 1.28 bits per heavy atom. The zero-order valence-electron chi connectivity index (χ0n) is 16.7. The van der Waals surface area contributed by atoms with Gasteiger partial charge in [0.1, 0.15) is 11.8 Å². The van der Waals surface area contributed by atoms with Crippen molar-refractivity contribution in [2.24, 2.45) is 0 Å². The first-order chi connectivity index (χ1) is 14.0. The van der Waals surface area contributed by atoms with Gasteiger partial charge in [0.25, 0.3) is 5.91 Å². The number of amides is 1. The van der Waals surface area contributed by atoms with Crippen LogP contribution in [0.15, 0.2) is 36.8 Å². The number of benzene rings is 1. The maximum atomic E-state index is 12.4. The third-order valence-corrected chi connectivity index (χ3v) is 4.27. The van der Waals surface area contributed by atoms with Crippen LogP contribution in [0.5, 0.6) is 0 Å². The van der Waals surface area contributed by atoms with Crippen LogP contribution in [0.25, 0.3) is 5.52 Å². The Labute approximate surface area is 168 Å². The summed E-state index contributed by atoms with van der Waals surface area (Å²) in [5.74, 6) is -0.210. The van der Waals surface area contributed by atoms with E-state index >= 15 is 0 Å². The third kappa shape index (κ3) is 4.19.